The van der Waals surface area contributed by atoms with Crippen molar-refractivity contribution in [1.82, 2.24) is 5.32 Å². The van der Waals surface area contributed by atoms with Crippen molar-refractivity contribution in [2.75, 3.05) is 0 Å². The summed E-state index contributed by atoms with van der Waals surface area (Å²) >= 11 is 0. The first kappa shape index (κ1) is 19.5. The van der Waals surface area contributed by atoms with Crippen molar-refractivity contribution in [3.05, 3.63) is 95.1 Å². The minimum absolute atomic E-state index is 0.236. The van der Waals surface area contributed by atoms with Gasteiger partial charge in [-0.15, -0.1) is 0 Å². The fourth-order valence-electron chi connectivity index (χ4n) is 3.01. The summed E-state index contributed by atoms with van der Waals surface area (Å²) < 4.78 is 5.37. The van der Waals surface area contributed by atoms with Crippen molar-refractivity contribution in [2.24, 2.45) is 0 Å². The van der Waals surface area contributed by atoms with E-state index >= 15 is 0 Å². The average Bonchev–Trinajstić information content (AvgIpc) is 2.68. The highest BCUT2D eigenvalue weighted by Crippen LogP contribution is 2.33. The van der Waals surface area contributed by atoms with Gasteiger partial charge in [-0.25, -0.2) is 4.79 Å². The molecule has 0 fully saturated rings. The van der Waals surface area contributed by atoms with Gasteiger partial charge >= 0.3 is 6.09 Å². The molecule has 3 aromatic rings. The molecule has 0 spiro atoms. The fourth-order valence-corrected chi connectivity index (χ4v) is 3.01. The summed E-state index contributed by atoms with van der Waals surface area (Å²) in [4.78, 5) is 12.0. The molecule has 144 valence electrons. The number of nitrogens with one attached hydrogen (secondary N) is 1. The SMILES string of the molecule is Cc1ccc(CNC(=O)Oc2ccc(C(C)(C)c3ccc(O)cc3)cc2)cc1. The number of phenols is 1. The van der Waals surface area contributed by atoms with E-state index in [1.165, 1.54) is 5.56 Å². The van der Waals surface area contributed by atoms with E-state index in [1.54, 1.807) is 24.3 Å². The normalized spacial score (nSPS) is 11.1. The van der Waals surface area contributed by atoms with Crippen LogP contribution in [0.15, 0.2) is 72.8 Å². The molecule has 0 atom stereocenters. The maximum absolute atomic E-state index is 12.0. The lowest BCUT2D eigenvalue weighted by Crippen LogP contribution is -2.26. The van der Waals surface area contributed by atoms with E-state index in [0.717, 1.165) is 16.7 Å². The highest BCUT2D eigenvalue weighted by Gasteiger charge is 2.23. The highest BCUT2D eigenvalue weighted by atomic mass is 16.6. The third kappa shape index (κ3) is 4.71. The predicted molar refractivity (Wildman–Crippen MR) is 111 cm³/mol. The summed E-state index contributed by atoms with van der Waals surface area (Å²) in [6.07, 6.45) is -0.480. The molecule has 0 bridgehead atoms. The molecule has 3 aromatic carbocycles. The van der Waals surface area contributed by atoms with Gasteiger partial charge in [0.05, 0.1) is 0 Å². The number of aryl methyl sites for hydroxylation is 1. The lowest BCUT2D eigenvalue weighted by Gasteiger charge is -2.26. The van der Waals surface area contributed by atoms with Crippen LogP contribution in [-0.2, 0) is 12.0 Å². The number of ether oxygens (including phenoxy) is 1. The van der Waals surface area contributed by atoms with Gasteiger partial charge in [0, 0.05) is 12.0 Å². The van der Waals surface area contributed by atoms with Crippen LogP contribution in [-0.4, -0.2) is 11.2 Å². The summed E-state index contributed by atoms with van der Waals surface area (Å²) in [5.41, 5.74) is 4.15. The number of hydrogen-bond acceptors (Lipinski definition) is 3. The van der Waals surface area contributed by atoms with Crippen LogP contribution < -0.4 is 10.1 Å². The average molecular weight is 375 g/mol. The van der Waals surface area contributed by atoms with Gasteiger partial charge in [-0.2, -0.15) is 0 Å². The molecule has 4 heteroatoms. The van der Waals surface area contributed by atoms with Crippen LogP contribution in [0.3, 0.4) is 0 Å². The number of carbonyl (C=O) groups is 1. The number of benzene rings is 3. The predicted octanol–water partition coefficient (Wildman–Crippen LogP) is 5.32. The minimum atomic E-state index is -0.480. The van der Waals surface area contributed by atoms with Crippen LogP contribution in [0.4, 0.5) is 4.79 Å². The first-order valence-corrected chi connectivity index (χ1v) is 9.26. The molecule has 2 N–H and O–H groups in total. The Morgan fingerprint density at radius 2 is 1.43 bits per heavy atom. The molecule has 0 aliphatic carbocycles. The number of carbonyl (C=O) groups excluding carboxylic acids is 1. The van der Waals surface area contributed by atoms with Crippen molar-refractivity contribution in [2.45, 2.75) is 32.7 Å². The van der Waals surface area contributed by atoms with Gasteiger partial charge in [-0.1, -0.05) is 67.9 Å². The summed E-state index contributed by atoms with van der Waals surface area (Å²) in [6.45, 7) is 6.68. The first-order chi connectivity index (χ1) is 13.3. The van der Waals surface area contributed by atoms with E-state index in [0.29, 0.717) is 12.3 Å². The largest absolute Gasteiger partial charge is 0.508 e. The number of aromatic hydroxyl groups is 1. The molecule has 1 amide bonds. The second kappa shape index (κ2) is 8.17. The molecule has 0 aromatic heterocycles. The van der Waals surface area contributed by atoms with Gasteiger partial charge in [-0.05, 0) is 47.9 Å². The lowest BCUT2D eigenvalue weighted by atomic mass is 9.78. The number of phenolic OH excluding ortho intramolecular Hbond substituents is 1. The number of amides is 1. The van der Waals surface area contributed by atoms with E-state index in [4.69, 9.17) is 4.74 Å². The molecular weight excluding hydrogens is 350 g/mol. The topological polar surface area (TPSA) is 58.6 Å². The molecule has 0 saturated heterocycles. The summed E-state index contributed by atoms with van der Waals surface area (Å²) in [7, 11) is 0. The van der Waals surface area contributed by atoms with Gasteiger partial charge in [0.2, 0.25) is 0 Å². The Hall–Kier alpha value is -3.27. The van der Waals surface area contributed by atoms with Gasteiger partial charge in [-0.3, -0.25) is 0 Å². The second-order valence-electron chi connectivity index (χ2n) is 7.42. The maximum atomic E-state index is 12.0. The zero-order valence-electron chi connectivity index (χ0n) is 16.4. The molecule has 0 unspecified atom stereocenters. The molecule has 0 aliphatic rings. The van der Waals surface area contributed by atoms with E-state index in [1.807, 2.05) is 55.5 Å². The Kier molecular flexibility index (Phi) is 5.69. The summed E-state index contributed by atoms with van der Waals surface area (Å²) in [6, 6.07) is 22.7. The van der Waals surface area contributed by atoms with Crippen LogP contribution in [0.25, 0.3) is 0 Å². The minimum Gasteiger partial charge on any atom is -0.508 e. The van der Waals surface area contributed by atoms with Crippen LogP contribution in [0.5, 0.6) is 11.5 Å². The van der Waals surface area contributed by atoms with Crippen molar-refractivity contribution in [3.8, 4) is 11.5 Å². The second-order valence-corrected chi connectivity index (χ2v) is 7.42. The van der Waals surface area contributed by atoms with E-state index in [9.17, 15) is 9.90 Å². The van der Waals surface area contributed by atoms with Crippen molar-refractivity contribution in [1.29, 1.82) is 0 Å². The van der Waals surface area contributed by atoms with E-state index in [2.05, 4.69) is 19.2 Å². The molecule has 3 rings (SSSR count). The van der Waals surface area contributed by atoms with Crippen LogP contribution >= 0.6 is 0 Å². The Labute approximate surface area is 165 Å². The Morgan fingerprint density at radius 1 is 0.893 bits per heavy atom. The van der Waals surface area contributed by atoms with Crippen molar-refractivity contribution in [3.63, 3.8) is 0 Å². The van der Waals surface area contributed by atoms with Gasteiger partial charge in [0.15, 0.2) is 0 Å². The monoisotopic (exact) mass is 375 g/mol. The molecule has 0 heterocycles. The maximum Gasteiger partial charge on any atom is 0.412 e. The smallest absolute Gasteiger partial charge is 0.412 e. The molecular formula is C24H25NO3. The van der Waals surface area contributed by atoms with E-state index in [-0.39, 0.29) is 11.2 Å². The number of rotatable bonds is 5. The van der Waals surface area contributed by atoms with Crippen molar-refractivity contribution < 1.29 is 14.6 Å². The van der Waals surface area contributed by atoms with Gasteiger partial charge in [0.1, 0.15) is 11.5 Å². The molecule has 0 radical (unpaired) electrons. The Morgan fingerprint density at radius 3 is 2.00 bits per heavy atom. The third-order valence-electron chi connectivity index (χ3n) is 4.93. The number of hydrogen-bond donors (Lipinski definition) is 2. The molecule has 0 saturated carbocycles. The third-order valence-corrected chi connectivity index (χ3v) is 4.93. The van der Waals surface area contributed by atoms with E-state index < -0.39 is 6.09 Å². The molecule has 4 nitrogen and oxygen atoms in total. The lowest BCUT2D eigenvalue weighted by molar-refractivity contribution is 0.200. The highest BCUT2D eigenvalue weighted by molar-refractivity contribution is 5.70. The standard InChI is InChI=1S/C24H25NO3/c1-17-4-6-18(7-5-17)16-25-23(27)28-22-14-10-20(11-15-22)24(2,3)19-8-12-21(26)13-9-19/h4-15,26H,16H2,1-3H3,(H,25,27). The Balaban J connectivity index is 1.61. The van der Waals surface area contributed by atoms with Crippen LogP contribution in [0.2, 0.25) is 0 Å². The quantitative estimate of drug-likeness (QED) is 0.635. The van der Waals surface area contributed by atoms with Crippen LogP contribution in [0, 0.1) is 6.92 Å². The van der Waals surface area contributed by atoms with Crippen LogP contribution in [0.1, 0.15) is 36.1 Å². The fraction of sp³-hybridized carbons (Fsp3) is 0.208. The molecule has 28 heavy (non-hydrogen) atoms. The Bertz CT molecular complexity index is 927. The van der Waals surface area contributed by atoms with Gasteiger partial charge < -0.3 is 15.2 Å². The zero-order chi connectivity index (χ0) is 20.1. The summed E-state index contributed by atoms with van der Waals surface area (Å²) in [5, 5.41) is 12.2. The first-order valence-electron chi connectivity index (χ1n) is 9.26. The zero-order valence-corrected chi connectivity index (χ0v) is 16.4. The van der Waals surface area contributed by atoms with Crippen molar-refractivity contribution >= 4 is 6.09 Å². The summed E-state index contributed by atoms with van der Waals surface area (Å²) in [5.74, 6) is 0.742. The van der Waals surface area contributed by atoms with Gasteiger partial charge in [0.25, 0.3) is 0 Å². The molecule has 0 aliphatic heterocycles.